The van der Waals surface area contributed by atoms with Gasteiger partial charge in [-0.1, -0.05) is 18.2 Å². The summed E-state index contributed by atoms with van der Waals surface area (Å²) in [5.41, 5.74) is 1.88. The third-order valence-corrected chi connectivity index (χ3v) is 8.04. The first-order valence-corrected chi connectivity index (χ1v) is 12.9. The van der Waals surface area contributed by atoms with Crippen molar-refractivity contribution in [3.63, 3.8) is 0 Å². The fraction of sp³-hybridized carbons (Fsp3) is 0.350. The average molecular weight is 452 g/mol. The number of rotatable bonds is 7. The fourth-order valence-corrected chi connectivity index (χ4v) is 5.30. The second-order valence-electron chi connectivity index (χ2n) is 7.29. The third kappa shape index (κ3) is 5.38. The first kappa shape index (κ1) is 22.3. The van der Waals surface area contributed by atoms with Crippen molar-refractivity contribution in [2.45, 2.75) is 18.6 Å². The van der Waals surface area contributed by atoms with Crippen LogP contribution in [-0.4, -0.2) is 53.4 Å². The molecule has 1 N–H and O–H groups in total. The molecule has 0 radical (unpaired) electrons. The highest BCUT2D eigenvalue weighted by atomic mass is 32.2. The van der Waals surface area contributed by atoms with E-state index >= 15 is 0 Å². The Kier molecular flexibility index (Phi) is 6.49. The number of hydrogen-bond donors (Lipinski definition) is 1. The molecule has 1 aliphatic rings. The minimum absolute atomic E-state index is 0.0885. The van der Waals surface area contributed by atoms with Gasteiger partial charge in [-0.15, -0.1) is 0 Å². The van der Waals surface area contributed by atoms with Crippen molar-refractivity contribution < 1.29 is 21.6 Å². The number of anilines is 2. The van der Waals surface area contributed by atoms with Gasteiger partial charge in [-0.05, 0) is 48.7 Å². The van der Waals surface area contributed by atoms with Crippen LogP contribution in [0, 0.1) is 0 Å². The van der Waals surface area contributed by atoms with E-state index in [1.165, 1.54) is 11.4 Å². The van der Waals surface area contributed by atoms with Crippen LogP contribution in [0.25, 0.3) is 0 Å². The van der Waals surface area contributed by atoms with Gasteiger partial charge in [0, 0.05) is 31.4 Å². The Bertz CT molecular complexity index is 1120. The summed E-state index contributed by atoms with van der Waals surface area (Å²) in [6.07, 6.45) is 2.88. The maximum atomic E-state index is 12.5. The molecule has 1 amide bonds. The molecule has 0 saturated carbocycles. The van der Waals surface area contributed by atoms with E-state index in [-0.39, 0.29) is 11.7 Å². The van der Waals surface area contributed by atoms with Gasteiger partial charge in [0.1, 0.15) is 0 Å². The van der Waals surface area contributed by atoms with Crippen molar-refractivity contribution in [2.24, 2.45) is 0 Å². The second-order valence-corrected chi connectivity index (χ2v) is 11.3. The number of benzene rings is 2. The minimum Gasteiger partial charge on any atom is -0.322 e. The van der Waals surface area contributed by atoms with E-state index in [4.69, 9.17) is 0 Å². The summed E-state index contributed by atoms with van der Waals surface area (Å²) >= 11 is 0. The molecule has 0 bridgehead atoms. The van der Waals surface area contributed by atoms with E-state index in [1.807, 2.05) is 0 Å². The lowest BCUT2D eigenvalue weighted by molar-refractivity contribution is 0.102. The Morgan fingerprint density at radius 2 is 1.67 bits per heavy atom. The van der Waals surface area contributed by atoms with Crippen LogP contribution in [0.2, 0.25) is 0 Å². The van der Waals surface area contributed by atoms with Crippen molar-refractivity contribution in [3.05, 3.63) is 59.7 Å². The predicted molar refractivity (Wildman–Crippen MR) is 118 cm³/mol. The largest absolute Gasteiger partial charge is 0.322 e. The van der Waals surface area contributed by atoms with Gasteiger partial charge in [0.25, 0.3) is 5.91 Å². The first-order chi connectivity index (χ1) is 14.1. The summed E-state index contributed by atoms with van der Waals surface area (Å²) in [4.78, 5) is 12.5. The molecule has 1 heterocycles. The molecule has 0 atom stereocenters. The molecular weight excluding hydrogens is 426 g/mol. The molecule has 162 valence electrons. The molecule has 30 heavy (non-hydrogen) atoms. The normalized spacial score (nSPS) is 15.1. The highest BCUT2D eigenvalue weighted by molar-refractivity contribution is 7.92. The topological polar surface area (TPSA) is 104 Å². The second kappa shape index (κ2) is 8.75. The Balaban J connectivity index is 1.68. The maximum Gasteiger partial charge on any atom is 0.255 e. The molecular formula is C20H25N3O5S2. The third-order valence-electron chi connectivity index (χ3n) is 4.99. The summed E-state index contributed by atoms with van der Waals surface area (Å²) in [5, 5.41) is 2.73. The molecule has 2 aromatic carbocycles. The van der Waals surface area contributed by atoms with Crippen LogP contribution < -0.4 is 9.62 Å². The van der Waals surface area contributed by atoms with Crippen LogP contribution in [-0.2, 0) is 25.8 Å². The summed E-state index contributed by atoms with van der Waals surface area (Å²) in [7, 11) is -5.32. The van der Waals surface area contributed by atoms with Crippen LogP contribution >= 0.6 is 0 Å². The number of nitrogens with one attached hydrogen (secondary N) is 1. The summed E-state index contributed by atoms with van der Waals surface area (Å²) in [5.74, 6) is -0.461. The highest BCUT2D eigenvalue weighted by Gasteiger charge is 2.25. The minimum atomic E-state index is -3.41. The number of carbonyl (C=O) groups excluding carboxylic acids is 1. The maximum absolute atomic E-state index is 12.5. The van der Waals surface area contributed by atoms with Crippen LogP contribution in [0.5, 0.6) is 0 Å². The number of amides is 1. The van der Waals surface area contributed by atoms with Crippen LogP contribution in [0.1, 0.15) is 28.8 Å². The average Bonchev–Trinajstić information content (AvgIpc) is 3.23. The fourth-order valence-electron chi connectivity index (χ4n) is 3.19. The quantitative estimate of drug-likeness (QED) is 0.695. The lowest BCUT2D eigenvalue weighted by Gasteiger charge is -2.17. The summed E-state index contributed by atoms with van der Waals surface area (Å²) < 4.78 is 50.9. The Labute approximate surface area is 177 Å². The number of hydrogen-bond acceptors (Lipinski definition) is 5. The molecule has 0 aromatic heterocycles. The van der Waals surface area contributed by atoms with E-state index < -0.39 is 20.0 Å². The summed E-state index contributed by atoms with van der Waals surface area (Å²) in [6.45, 7) is 1.13. The van der Waals surface area contributed by atoms with Gasteiger partial charge < -0.3 is 5.32 Å². The SMILES string of the molecule is CN(c1cccc(NC(=O)c2ccc(CS(=O)(=O)N3CCCC3)cc2)c1)S(C)(=O)=O. The number of nitrogens with zero attached hydrogens (tertiary/aromatic N) is 2. The Hall–Kier alpha value is -2.43. The van der Waals surface area contributed by atoms with E-state index in [0.29, 0.717) is 35.6 Å². The Morgan fingerprint density at radius 3 is 2.27 bits per heavy atom. The molecule has 10 heteroatoms. The van der Waals surface area contributed by atoms with Gasteiger partial charge in [0.15, 0.2) is 0 Å². The molecule has 0 aliphatic carbocycles. The van der Waals surface area contributed by atoms with Gasteiger partial charge in [-0.3, -0.25) is 9.10 Å². The van der Waals surface area contributed by atoms with Gasteiger partial charge in [-0.2, -0.15) is 0 Å². The van der Waals surface area contributed by atoms with Crippen molar-refractivity contribution >= 4 is 37.3 Å². The monoisotopic (exact) mass is 451 g/mol. The molecule has 0 unspecified atom stereocenters. The van der Waals surface area contributed by atoms with Gasteiger partial charge in [0.05, 0.1) is 17.7 Å². The van der Waals surface area contributed by atoms with E-state index in [9.17, 15) is 21.6 Å². The molecule has 8 nitrogen and oxygen atoms in total. The lowest BCUT2D eigenvalue weighted by Crippen LogP contribution is -2.29. The number of carbonyl (C=O) groups is 1. The van der Waals surface area contributed by atoms with Crippen LogP contribution in [0.4, 0.5) is 11.4 Å². The lowest BCUT2D eigenvalue weighted by atomic mass is 10.1. The molecule has 2 aromatic rings. The van der Waals surface area contributed by atoms with Crippen LogP contribution in [0.3, 0.4) is 0 Å². The van der Waals surface area contributed by atoms with E-state index in [1.54, 1.807) is 48.5 Å². The highest BCUT2D eigenvalue weighted by Crippen LogP contribution is 2.21. The van der Waals surface area contributed by atoms with E-state index in [2.05, 4.69) is 5.32 Å². The predicted octanol–water partition coefficient (Wildman–Crippen LogP) is 2.26. The zero-order chi connectivity index (χ0) is 21.9. The van der Waals surface area contributed by atoms with Gasteiger partial charge >= 0.3 is 0 Å². The molecule has 3 rings (SSSR count). The zero-order valence-electron chi connectivity index (χ0n) is 16.9. The van der Waals surface area contributed by atoms with Crippen molar-refractivity contribution in [2.75, 3.05) is 36.0 Å². The molecule has 1 saturated heterocycles. The van der Waals surface area contributed by atoms with Crippen molar-refractivity contribution in [3.8, 4) is 0 Å². The molecule has 0 spiro atoms. The smallest absolute Gasteiger partial charge is 0.255 e. The summed E-state index contributed by atoms with van der Waals surface area (Å²) in [6, 6.07) is 12.9. The standard InChI is InChI=1S/C20H25N3O5S2/c1-22(29(2,25)26)19-7-5-6-18(14-19)21-20(24)17-10-8-16(9-11-17)15-30(27,28)23-12-3-4-13-23/h5-11,14H,3-4,12-13,15H2,1-2H3,(H,21,24). The van der Waals surface area contributed by atoms with E-state index in [0.717, 1.165) is 23.4 Å². The number of sulfonamides is 2. The Morgan fingerprint density at radius 1 is 1.03 bits per heavy atom. The van der Waals surface area contributed by atoms with Crippen molar-refractivity contribution in [1.82, 2.24) is 4.31 Å². The molecule has 1 aliphatic heterocycles. The molecule has 1 fully saturated rings. The zero-order valence-corrected chi connectivity index (χ0v) is 18.5. The van der Waals surface area contributed by atoms with Crippen molar-refractivity contribution in [1.29, 1.82) is 0 Å². The van der Waals surface area contributed by atoms with Crippen LogP contribution in [0.15, 0.2) is 48.5 Å². The van der Waals surface area contributed by atoms with Gasteiger partial charge in [0.2, 0.25) is 20.0 Å². The first-order valence-electron chi connectivity index (χ1n) is 9.48. The van der Waals surface area contributed by atoms with Gasteiger partial charge in [-0.25, -0.2) is 21.1 Å².